The molecular formula is C12H13N5O2. The van der Waals surface area contributed by atoms with Gasteiger partial charge in [-0.1, -0.05) is 11.3 Å². The Hall–Kier alpha value is -2.25. The molecular weight excluding hydrogens is 246 g/mol. The minimum atomic E-state index is -0.990. The molecule has 3 aromatic rings. The second-order valence-electron chi connectivity index (χ2n) is 4.23. The Morgan fingerprint density at radius 3 is 3.05 bits per heavy atom. The molecule has 1 atom stereocenters. The van der Waals surface area contributed by atoms with Gasteiger partial charge >= 0.3 is 0 Å². The zero-order valence-corrected chi connectivity index (χ0v) is 10.1. The van der Waals surface area contributed by atoms with Crippen molar-refractivity contribution < 1.29 is 10.2 Å². The number of rotatable bonds is 4. The number of aliphatic hydroxyl groups excluding tert-OH is 2. The van der Waals surface area contributed by atoms with Crippen molar-refractivity contribution in [2.24, 2.45) is 0 Å². The van der Waals surface area contributed by atoms with E-state index in [-0.39, 0.29) is 6.61 Å². The lowest BCUT2D eigenvalue weighted by molar-refractivity contribution is 0.0921. The standard InChI is InChI=1S/C12H13N5O2/c18-8-11(19)10-7-17(15-14-10)6-9-2-1-4-16-5-3-13-12(9)16/h1-5,7,11,18-19H,6,8H2/t11-/m1/s1. The van der Waals surface area contributed by atoms with Gasteiger partial charge in [-0.2, -0.15) is 0 Å². The van der Waals surface area contributed by atoms with Crippen molar-refractivity contribution in [3.63, 3.8) is 0 Å². The zero-order chi connectivity index (χ0) is 13.2. The van der Waals surface area contributed by atoms with Gasteiger partial charge in [-0.05, 0) is 6.07 Å². The predicted octanol–water partition coefficient (Wildman–Crippen LogP) is -0.000200. The van der Waals surface area contributed by atoms with E-state index in [4.69, 9.17) is 5.11 Å². The summed E-state index contributed by atoms with van der Waals surface area (Å²) in [6.07, 6.45) is 6.17. The Bertz CT molecular complexity index is 690. The summed E-state index contributed by atoms with van der Waals surface area (Å²) in [7, 11) is 0. The Morgan fingerprint density at radius 2 is 2.21 bits per heavy atom. The SMILES string of the molecule is OC[C@@H](O)c1cn(Cc2cccn3ccnc23)nn1. The van der Waals surface area contributed by atoms with Gasteiger partial charge in [0.2, 0.25) is 0 Å². The average Bonchev–Trinajstić information content (AvgIpc) is 3.07. The lowest BCUT2D eigenvalue weighted by Gasteiger charge is -2.03. The van der Waals surface area contributed by atoms with Gasteiger partial charge < -0.3 is 14.6 Å². The molecule has 0 bridgehead atoms. The summed E-state index contributed by atoms with van der Waals surface area (Å²) in [5, 5.41) is 26.1. The van der Waals surface area contributed by atoms with Crippen LogP contribution in [0.3, 0.4) is 0 Å². The van der Waals surface area contributed by atoms with Crippen molar-refractivity contribution in [1.29, 1.82) is 0 Å². The van der Waals surface area contributed by atoms with Crippen LogP contribution in [0, 0.1) is 0 Å². The molecule has 0 radical (unpaired) electrons. The van der Waals surface area contributed by atoms with Crippen LogP contribution in [0.5, 0.6) is 0 Å². The highest BCUT2D eigenvalue weighted by atomic mass is 16.3. The molecule has 3 aromatic heterocycles. The maximum atomic E-state index is 9.47. The van der Waals surface area contributed by atoms with E-state index >= 15 is 0 Å². The predicted molar refractivity (Wildman–Crippen MR) is 66.4 cm³/mol. The highest BCUT2D eigenvalue weighted by Crippen LogP contribution is 2.12. The molecule has 7 nitrogen and oxygen atoms in total. The summed E-state index contributed by atoms with van der Waals surface area (Å²) >= 11 is 0. The molecule has 19 heavy (non-hydrogen) atoms. The lowest BCUT2D eigenvalue weighted by Crippen LogP contribution is -2.03. The molecule has 0 aliphatic heterocycles. The molecule has 2 N–H and O–H groups in total. The number of aromatic nitrogens is 5. The molecule has 3 rings (SSSR count). The fourth-order valence-electron chi connectivity index (χ4n) is 1.94. The van der Waals surface area contributed by atoms with Gasteiger partial charge in [0.05, 0.1) is 19.3 Å². The fraction of sp³-hybridized carbons (Fsp3) is 0.250. The third kappa shape index (κ3) is 2.20. The van der Waals surface area contributed by atoms with Crippen LogP contribution in [0.2, 0.25) is 0 Å². The quantitative estimate of drug-likeness (QED) is 0.688. The largest absolute Gasteiger partial charge is 0.393 e. The highest BCUT2D eigenvalue weighted by molar-refractivity contribution is 5.47. The zero-order valence-electron chi connectivity index (χ0n) is 10.1. The van der Waals surface area contributed by atoms with Crippen LogP contribution in [-0.4, -0.2) is 41.2 Å². The van der Waals surface area contributed by atoms with Gasteiger partial charge in [-0.25, -0.2) is 9.67 Å². The Kier molecular flexibility index (Phi) is 2.98. The van der Waals surface area contributed by atoms with E-state index in [2.05, 4.69) is 15.3 Å². The number of nitrogens with zero attached hydrogens (tertiary/aromatic N) is 5. The van der Waals surface area contributed by atoms with E-state index in [1.165, 1.54) is 0 Å². The summed E-state index contributed by atoms with van der Waals surface area (Å²) in [5.41, 5.74) is 2.22. The molecule has 98 valence electrons. The van der Waals surface area contributed by atoms with E-state index < -0.39 is 6.10 Å². The van der Waals surface area contributed by atoms with Gasteiger partial charge in [-0.3, -0.25) is 0 Å². The first-order valence-corrected chi connectivity index (χ1v) is 5.87. The van der Waals surface area contributed by atoms with E-state index in [1.807, 2.05) is 28.9 Å². The molecule has 0 spiro atoms. The van der Waals surface area contributed by atoms with Crippen LogP contribution in [-0.2, 0) is 6.54 Å². The fourth-order valence-corrected chi connectivity index (χ4v) is 1.94. The second-order valence-corrected chi connectivity index (χ2v) is 4.23. The number of aliphatic hydroxyl groups is 2. The van der Waals surface area contributed by atoms with Gasteiger partial charge in [0, 0.05) is 24.2 Å². The Labute approximate surface area is 108 Å². The molecule has 7 heteroatoms. The number of imidazole rings is 1. The molecule has 0 saturated heterocycles. The normalized spacial score (nSPS) is 12.9. The van der Waals surface area contributed by atoms with Crippen LogP contribution in [0.1, 0.15) is 17.4 Å². The number of fused-ring (bicyclic) bond motifs is 1. The average molecular weight is 259 g/mol. The maximum Gasteiger partial charge on any atom is 0.141 e. The van der Waals surface area contributed by atoms with E-state index in [9.17, 15) is 5.11 Å². The molecule has 0 amide bonds. The van der Waals surface area contributed by atoms with Gasteiger partial charge in [0.25, 0.3) is 0 Å². The summed E-state index contributed by atoms with van der Waals surface area (Å²) in [6, 6.07) is 3.90. The first kappa shape index (κ1) is 11.8. The molecule has 0 saturated carbocycles. The molecule has 0 aromatic carbocycles. The van der Waals surface area contributed by atoms with E-state index in [0.717, 1.165) is 11.2 Å². The van der Waals surface area contributed by atoms with Crippen LogP contribution in [0.25, 0.3) is 5.65 Å². The van der Waals surface area contributed by atoms with Crippen molar-refractivity contribution in [1.82, 2.24) is 24.4 Å². The van der Waals surface area contributed by atoms with Crippen molar-refractivity contribution in [2.75, 3.05) is 6.61 Å². The first-order chi connectivity index (χ1) is 9.28. The topological polar surface area (TPSA) is 88.5 Å². The van der Waals surface area contributed by atoms with Crippen molar-refractivity contribution in [3.8, 4) is 0 Å². The highest BCUT2D eigenvalue weighted by Gasteiger charge is 2.11. The smallest absolute Gasteiger partial charge is 0.141 e. The monoisotopic (exact) mass is 259 g/mol. The third-order valence-corrected chi connectivity index (χ3v) is 2.90. The second kappa shape index (κ2) is 4.79. The number of pyridine rings is 1. The van der Waals surface area contributed by atoms with Gasteiger partial charge in [-0.15, -0.1) is 5.10 Å². The van der Waals surface area contributed by atoms with Crippen LogP contribution in [0.15, 0.2) is 36.9 Å². The van der Waals surface area contributed by atoms with Crippen LogP contribution < -0.4 is 0 Å². The van der Waals surface area contributed by atoms with E-state index in [0.29, 0.717) is 12.2 Å². The number of hydrogen-bond donors (Lipinski definition) is 2. The van der Waals surface area contributed by atoms with Crippen LogP contribution in [0.4, 0.5) is 0 Å². The molecule has 0 aliphatic rings. The Morgan fingerprint density at radius 1 is 1.32 bits per heavy atom. The minimum Gasteiger partial charge on any atom is -0.393 e. The molecule has 3 heterocycles. The third-order valence-electron chi connectivity index (χ3n) is 2.90. The molecule has 0 aliphatic carbocycles. The molecule has 0 unspecified atom stereocenters. The van der Waals surface area contributed by atoms with Crippen LogP contribution >= 0.6 is 0 Å². The summed E-state index contributed by atoms with van der Waals surface area (Å²) in [5.74, 6) is 0. The maximum absolute atomic E-state index is 9.47. The first-order valence-electron chi connectivity index (χ1n) is 5.87. The van der Waals surface area contributed by atoms with Crippen molar-refractivity contribution >= 4 is 5.65 Å². The summed E-state index contributed by atoms with van der Waals surface area (Å²) in [6.45, 7) is 0.140. The van der Waals surface area contributed by atoms with Gasteiger partial charge in [0.1, 0.15) is 17.4 Å². The van der Waals surface area contributed by atoms with E-state index in [1.54, 1.807) is 17.1 Å². The summed E-state index contributed by atoms with van der Waals surface area (Å²) in [4.78, 5) is 4.28. The molecule has 0 fully saturated rings. The Balaban J connectivity index is 1.88. The van der Waals surface area contributed by atoms with Crippen molar-refractivity contribution in [3.05, 3.63) is 48.2 Å². The number of hydrogen-bond acceptors (Lipinski definition) is 5. The summed E-state index contributed by atoms with van der Waals surface area (Å²) < 4.78 is 3.54. The van der Waals surface area contributed by atoms with Gasteiger partial charge in [0.15, 0.2) is 0 Å². The lowest BCUT2D eigenvalue weighted by atomic mass is 10.2. The minimum absolute atomic E-state index is 0.359. The van der Waals surface area contributed by atoms with Crippen molar-refractivity contribution in [2.45, 2.75) is 12.6 Å².